The zero-order valence-corrected chi connectivity index (χ0v) is 11.9. The first-order chi connectivity index (χ1) is 9.20. The molecule has 0 radical (unpaired) electrons. The zero-order chi connectivity index (χ0) is 13.7. The maximum Gasteiger partial charge on any atom is 0.307 e. The fourth-order valence-corrected chi connectivity index (χ4v) is 2.14. The van der Waals surface area contributed by atoms with E-state index in [1.54, 1.807) is 0 Å². The molecule has 0 saturated heterocycles. The molecule has 20 heavy (non-hydrogen) atoms. The van der Waals surface area contributed by atoms with Crippen molar-refractivity contribution in [1.29, 1.82) is 0 Å². The third kappa shape index (κ3) is 4.08. The Morgan fingerprint density at radius 3 is 2.30 bits per heavy atom. The number of halogens is 1. The highest BCUT2D eigenvalue weighted by Gasteiger charge is 2.07. The molecule has 2 rings (SSSR count). The molecule has 0 atom stereocenters. The summed E-state index contributed by atoms with van der Waals surface area (Å²) in [5, 5.41) is 8.94. The monoisotopic (exact) mass is 291 g/mol. The van der Waals surface area contributed by atoms with Gasteiger partial charge in [-0.15, -0.1) is 12.4 Å². The van der Waals surface area contributed by atoms with Crippen LogP contribution in [-0.2, 0) is 17.6 Å². The van der Waals surface area contributed by atoms with Crippen LogP contribution >= 0.6 is 12.4 Å². The first kappa shape index (κ1) is 16.2. The summed E-state index contributed by atoms with van der Waals surface area (Å²) >= 11 is 0. The van der Waals surface area contributed by atoms with E-state index in [0.29, 0.717) is 6.54 Å². The molecule has 3 N–H and O–H groups in total. The summed E-state index contributed by atoms with van der Waals surface area (Å²) in [5.74, 6) is -0.813. The molecule has 3 nitrogen and oxygen atoms in total. The molecule has 0 heterocycles. The molecule has 106 valence electrons. The molecule has 4 heteroatoms. The smallest absolute Gasteiger partial charge is 0.307 e. The van der Waals surface area contributed by atoms with Crippen molar-refractivity contribution < 1.29 is 9.90 Å². The van der Waals surface area contributed by atoms with Gasteiger partial charge in [0.25, 0.3) is 0 Å². The predicted molar refractivity (Wildman–Crippen MR) is 83.2 cm³/mol. The number of carboxylic acids is 1. The van der Waals surface area contributed by atoms with E-state index < -0.39 is 5.97 Å². The molecule has 2 aromatic rings. The van der Waals surface area contributed by atoms with E-state index in [0.717, 1.165) is 23.1 Å². The minimum atomic E-state index is -0.813. The lowest BCUT2D eigenvalue weighted by Gasteiger charge is -2.08. The van der Waals surface area contributed by atoms with Crippen LogP contribution in [0.25, 0.3) is 11.1 Å². The van der Waals surface area contributed by atoms with Gasteiger partial charge in [-0.1, -0.05) is 48.5 Å². The number of rotatable bonds is 5. The van der Waals surface area contributed by atoms with Crippen molar-refractivity contribution in [3.8, 4) is 11.1 Å². The summed E-state index contributed by atoms with van der Waals surface area (Å²) in [7, 11) is 0. The van der Waals surface area contributed by atoms with E-state index in [1.165, 1.54) is 5.56 Å². The molecule has 0 amide bonds. The topological polar surface area (TPSA) is 63.3 Å². The summed E-state index contributed by atoms with van der Waals surface area (Å²) in [6.45, 7) is 0.634. The van der Waals surface area contributed by atoms with Crippen LogP contribution < -0.4 is 5.73 Å². The molecular weight excluding hydrogens is 274 g/mol. The molecule has 0 bridgehead atoms. The largest absolute Gasteiger partial charge is 0.481 e. The van der Waals surface area contributed by atoms with Gasteiger partial charge < -0.3 is 10.8 Å². The van der Waals surface area contributed by atoms with Crippen molar-refractivity contribution in [3.63, 3.8) is 0 Å². The third-order valence-electron chi connectivity index (χ3n) is 3.06. The minimum absolute atomic E-state index is 0. The SMILES string of the molecule is Cl.NCCc1ccc(-c2ccccc2CC(=O)O)cc1. The Kier molecular flexibility index (Phi) is 6.22. The van der Waals surface area contributed by atoms with Gasteiger partial charge in [0.1, 0.15) is 0 Å². The average molecular weight is 292 g/mol. The van der Waals surface area contributed by atoms with Crippen molar-refractivity contribution >= 4 is 18.4 Å². The number of carboxylic acid groups (broad SMARTS) is 1. The molecule has 0 aliphatic heterocycles. The zero-order valence-electron chi connectivity index (χ0n) is 11.1. The summed E-state index contributed by atoms with van der Waals surface area (Å²) in [4.78, 5) is 10.9. The first-order valence-corrected chi connectivity index (χ1v) is 6.30. The second-order valence-corrected chi connectivity index (χ2v) is 4.46. The van der Waals surface area contributed by atoms with Crippen molar-refractivity contribution in [2.45, 2.75) is 12.8 Å². The molecule has 0 fully saturated rings. The highest BCUT2D eigenvalue weighted by molar-refractivity contribution is 5.85. The summed E-state index contributed by atoms with van der Waals surface area (Å²) in [6.07, 6.45) is 0.901. The van der Waals surface area contributed by atoms with E-state index in [-0.39, 0.29) is 18.8 Å². The van der Waals surface area contributed by atoms with E-state index in [2.05, 4.69) is 0 Å². The van der Waals surface area contributed by atoms with Crippen LogP contribution in [-0.4, -0.2) is 17.6 Å². The molecule has 0 saturated carbocycles. The van der Waals surface area contributed by atoms with Gasteiger partial charge in [0.05, 0.1) is 6.42 Å². The maximum atomic E-state index is 10.9. The Labute approximate surface area is 124 Å². The Morgan fingerprint density at radius 1 is 1.05 bits per heavy atom. The normalized spacial score (nSPS) is 9.85. The highest BCUT2D eigenvalue weighted by atomic mass is 35.5. The fraction of sp³-hybridized carbons (Fsp3) is 0.188. The lowest BCUT2D eigenvalue weighted by Crippen LogP contribution is -2.03. The molecule has 0 unspecified atom stereocenters. The van der Waals surface area contributed by atoms with Crippen LogP contribution in [0.1, 0.15) is 11.1 Å². The summed E-state index contributed by atoms with van der Waals surface area (Å²) in [6, 6.07) is 15.7. The van der Waals surface area contributed by atoms with Gasteiger partial charge in [0, 0.05) is 0 Å². The van der Waals surface area contributed by atoms with Crippen LogP contribution in [0, 0.1) is 0 Å². The molecule has 0 aromatic heterocycles. The van der Waals surface area contributed by atoms with Crippen molar-refractivity contribution in [2.24, 2.45) is 5.73 Å². The number of hydrogen-bond donors (Lipinski definition) is 2. The highest BCUT2D eigenvalue weighted by Crippen LogP contribution is 2.24. The van der Waals surface area contributed by atoms with Crippen LogP contribution in [0.5, 0.6) is 0 Å². The molecule has 0 spiro atoms. The first-order valence-electron chi connectivity index (χ1n) is 6.30. The Balaban J connectivity index is 0.00000200. The van der Waals surface area contributed by atoms with Gasteiger partial charge in [-0.25, -0.2) is 0 Å². The molecular formula is C16H18ClNO2. The number of aliphatic carboxylic acids is 1. The maximum absolute atomic E-state index is 10.9. The van der Waals surface area contributed by atoms with E-state index >= 15 is 0 Å². The molecule has 0 aliphatic rings. The number of hydrogen-bond acceptors (Lipinski definition) is 2. The van der Waals surface area contributed by atoms with Gasteiger partial charge in [0.15, 0.2) is 0 Å². The van der Waals surface area contributed by atoms with Crippen LogP contribution in [0.4, 0.5) is 0 Å². The number of benzene rings is 2. The number of carbonyl (C=O) groups is 1. The van der Waals surface area contributed by atoms with Crippen molar-refractivity contribution in [2.75, 3.05) is 6.54 Å². The predicted octanol–water partition coefficient (Wildman–Crippen LogP) is 2.90. The second kappa shape index (κ2) is 7.68. The van der Waals surface area contributed by atoms with Gasteiger partial charge >= 0.3 is 5.97 Å². The number of nitrogens with two attached hydrogens (primary N) is 1. The van der Waals surface area contributed by atoms with Crippen molar-refractivity contribution in [3.05, 3.63) is 59.7 Å². The minimum Gasteiger partial charge on any atom is -0.481 e. The summed E-state index contributed by atoms with van der Waals surface area (Å²) in [5.41, 5.74) is 9.57. The van der Waals surface area contributed by atoms with Crippen molar-refractivity contribution in [1.82, 2.24) is 0 Å². The van der Waals surface area contributed by atoms with Crippen LogP contribution in [0.2, 0.25) is 0 Å². The quantitative estimate of drug-likeness (QED) is 0.890. The third-order valence-corrected chi connectivity index (χ3v) is 3.06. The fourth-order valence-electron chi connectivity index (χ4n) is 2.14. The average Bonchev–Trinajstić information content (AvgIpc) is 2.40. The second-order valence-electron chi connectivity index (χ2n) is 4.46. The summed E-state index contributed by atoms with van der Waals surface area (Å²) < 4.78 is 0. The van der Waals surface area contributed by atoms with Gasteiger partial charge in [0.2, 0.25) is 0 Å². The van der Waals surface area contributed by atoms with E-state index in [1.807, 2.05) is 48.5 Å². The lowest BCUT2D eigenvalue weighted by molar-refractivity contribution is -0.136. The van der Waals surface area contributed by atoms with E-state index in [4.69, 9.17) is 10.8 Å². The lowest BCUT2D eigenvalue weighted by atomic mass is 9.96. The Hall–Kier alpha value is -1.84. The Bertz CT molecular complexity index is 567. The van der Waals surface area contributed by atoms with Gasteiger partial charge in [-0.05, 0) is 35.2 Å². The molecule has 2 aromatic carbocycles. The van der Waals surface area contributed by atoms with E-state index in [9.17, 15) is 4.79 Å². The van der Waals surface area contributed by atoms with Gasteiger partial charge in [-0.3, -0.25) is 4.79 Å². The van der Waals surface area contributed by atoms with Crippen LogP contribution in [0.3, 0.4) is 0 Å². The van der Waals surface area contributed by atoms with Crippen LogP contribution in [0.15, 0.2) is 48.5 Å². The Morgan fingerprint density at radius 2 is 1.70 bits per heavy atom. The van der Waals surface area contributed by atoms with Gasteiger partial charge in [-0.2, -0.15) is 0 Å². The standard InChI is InChI=1S/C16H17NO2.ClH/c17-10-9-12-5-7-13(8-6-12)15-4-2-1-3-14(15)11-16(18)19;/h1-8H,9-11,17H2,(H,18,19);1H. The molecule has 0 aliphatic carbocycles.